The van der Waals surface area contributed by atoms with Crippen LogP contribution in [-0.4, -0.2) is 32.9 Å². The van der Waals surface area contributed by atoms with Crippen molar-refractivity contribution in [2.75, 3.05) is 32.9 Å². The Labute approximate surface area is 113 Å². The van der Waals surface area contributed by atoms with Gasteiger partial charge in [0.05, 0.1) is 19.8 Å². The molecule has 1 aromatic rings. The fourth-order valence-corrected chi connectivity index (χ4v) is 2.69. The maximum absolute atomic E-state index is 13.5. The molecule has 0 atom stereocenters. The third-order valence-corrected chi connectivity index (χ3v) is 3.93. The van der Waals surface area contributed by atoms with Crippen molar-refractivity contribution in [3.63, 3.8) is 0 Å². The Morgan fingerprint density at radius 1 is 1.26 bits per heavy atom. The molecule has 3 nitrogen and oxygen atoms in total. The largest absolute Gasteiger partial charge is 0.493 e. The standard InChI is InChI=1S/C15H20FNO2/c16-13-1-2-15(19-10-11-8-18-9-11)14(7-13)12-3-5-17-6-4-12/h1-2,7,11-12,17H,3-6,8-10H2. The summed E-state index contributed by atoms with van der Waals surface area (Å²) in [6, 6.07) is 4.89. The van der Waals surface area contributed by atoms with Crippen LogP contribution in [0.5, 0.6) is 5.75 Å². The number of ether oxygens (including phenoxy) is 2. The first-order valence-corrected chi connectivity index (χ1v) is 7.03. The number of halogens is 1. The molecule has 19 heavy (non-hydrogen) atoms. The minimum atomic E-state index is -0.173. The number of piperidine rings is 1. The van der Waals surface area contributed by atoms with Gasteiger partial charge in [0.15, 0.2) is 0 Å². The maximum Gasteiger partial charge on any atom is 0.123 e. The van der Waals surface area contributed by atoms with E-state index in [1.807, 2.05) is 0 Å². The lowest BCUT2D eigenvalue weighted by molar-refractivity contribution is -0.0510. The summed E-state index contributed by atoms with van der Waals surface area (Å²) in [5.41, 5.74) is 1.03. The van der Waals surface area contributed by atoms with Crippen LogP contribution >= 0.6 is 0 Å². The summed E-state index contributed by atoms with van der Waals surface area (Å²) < 4.78 is 24.5. The van der Waals surface area contributed by atoms with Crippen LogP contribution < -0.4 is 10.1 Å². The highest BCUT2D eigenvalue weighted by molar-refractivity contribution is 5.37. The van der Waals surface area contributed by atoms with E-state index in [2.05, 4.69) is 5.32 Å². The van der Waals surface area contributed by atoms with Gasteiger partial charge in [0.25, 0.3) is 0 Å². The van der Waals surface area contributed by atoms with E-state index in [0.29, 0.717) is 18.4 Å². The van der Waals surface area contributed by atoms with Crippen LogP contribution in [-0.2, 0) is 4.74 Å². The molecule has 2 saturated heterocycles. The molecule has 1 aromatic carbocycles. The molecule has 0 bridgehead atoms. The summed E-state index contributed by atoms with van der Waals surface area (Å²) >= 11 is 0. The summed E-state index contributed by atoms with van der Waals surface area (Å²) in [6.45, 7) is 4.23. The molecule has 2 fully saturated rings. The monoisotopic (exact) mass is 265 g/mol. The Kier molecular flexibility index (Phi) is 3.99. The first-order chi connectivity index (χ1) is 9.33. The Hall–Kier alpha value is -1.13. The van der Waals surface area contributed by atoms with E-state index in [1.54, 1.807) is 12.1 Å². The van der Waals surface area contributed by atoms with Gasteiger partial charge in [-0.05, 0) is 50.0 Å². The Morgan fingerprint density at radius 2 is 2.05 bits per heavy atom. The molecule has 0 saturated carbocycles. The van der Waals surface area contributed by atoms with Crippen molar-refractivity contribution in [1.29, 1.82) is 0 Å². The predicted octanol–water partition coefficient (Wildman–Crippen LogP) is 2.32. The highest BCUT2D eigenvalue weighted by atomic mass is 19.1. The second kappa shape index (κ2) is 5.88. The molecule has 0 amide bonds. The first kappa shape index (κ1) is 12.9. The van der Waals surface area contributed by atoms with Gasteiger partial charge in [-0.25, -0.2) is 4.39 Å². The lowest BCUT2D eigenvalue weighted by Gasteiger charge is -2.28. The van der Waals surface area contributed by atoms with Crippen molar-refractivity contribution >= 4 is 0 Å². The molecular formula is C15H20FNO2. The van der Waals surface area contributed by atoms with Crippen LogP contribution in [0.3, 0.4) is 0 Å². The van der Waals surface area contributed by atoms with Crippen LogP contribution in [0.15, 0.2) is 18.2 Å². The molecule has 4 heteroatoms. The molecule has 2 aliphatic heterocycles. The number of benzene rings is 1. The van der Waals surface area contributed by atoms with Gasteiger partial charge in [0, 0.05) is 11.5 Å². The minimum absolute atomic E-state index is 0.173. The summed E-state index contributed by atoms with van der Waals surface area (Å²) in [7, 11) is 0. The van der Waals surface area contributed by atoms with Gasteiger partial charge in [0.1, 0.15) is 11.6 Å². The van der Waals surface area contributed by atoms with Crippen molar-refractivity contribution in [1.82, 2.24) is 5.32 Å². The molecule has 2 heterocycles. The van der Waals surface area contributed by atoms with E-state index < -0.39 is 0 Å². The quantitative estimate of drug-likeness (QED) is 0.906. The zero-order valence-corrected chi connectivity index (χ0v) is 11.0. The topological polar surface area (TPSA) is 30.5 Å². The van der Waals surface area contributed by atoms with Gasteiger partial charge in [-0.2, -0.15) is 0 Å². The van der Waals surface area contributed by atoms with E-state index >= 15 is 0 Å². The third-order valence-electron chi connectivity index (χ3n) is 3.93. The molecule has 0 unspecified atom stereocenters. The zero-order chi connectivity index (χ0) is 13.1. The molecule has 3 rings (SSSR count). The fraction of sp³-hybridized carbons (Fsp3) is 0.600. The summed E-state index contributed by atoms with van der Waals surface area (Å²) in [5, 5.41) is 3.34. The fourth-order valence-electron chi connectivity index (χ4n) is 2.69. The molecule has 0 radical (unpaired) electrons. The maximum atomic E-state index is 13.5. The normalized spacial score (nSPS) is 21.1. The highest BCUT2D eigenvalue weighted by Gasteiger charge is 2.22. The average molecular weight is 265 g/mol. The lowest BCUT2D eigenvalue weighted by Crippen LogP contribution is -2.33. The minimum Gasteiger partial charge on any atom is -0.493 e. The lowest BCUT2D eigenvalue weighted by atomic mass is 9.89. The number of nitrogens with one attached hydrogen (secondary N) is 1. The SMILES string of the molecule is Fc1ccc(OCC2COC2)c(C2CCNCC2)c1. The van der Waals surface area contributed by atoms with Gasteiger partial charge in [-0.1, -0.05) is 0 Å². The summed E-state index contributed by atoms with van der Waals surface area (Å²) in [6.07, 6.45) is 2.10. The van der Waals surface area contributed by atoms with Gasteiger partial charge in [-0.3, -0.25) is 0 Å². The second-order valence-electron chi connectivity index (χ2n) is 5.42. The van der Waals surface area contributed by atoms with Crippen LogP contribution in [0.25, 0.3) is 0 Å². The van der Waals surface area contributed by atoms with E-state index in [1.165, 1.54) is 6.07 Å². The zero-order valence-electron chi connectivity index (χ0n) is 11.0. The third kappa shape index (κ3) is 3.07. The van der Waals surface area contributed by atoms with E-state index in [9.17, 15) is 4.39 Å². The van der Waals surface area contributed by atoms with Crippen molar-refractivity contribution in [3.8, 4) is 5.75 Å². The van der Waals surface area contributed by atoms with Crippen molar-refractivity contribution < 1.29 is 13.9 Å². The summed E-state index contributed by atoms with van der Waals surface area (Å²) in [5.74, 6) is 1.57. The molecule has 0 aromatic heterocycles. The molecular weight excluding hydrogens is 245 g/mol. The van der Waals surface area contributed by atoms with Crippen molar-refractivity contribution in [3.05, 3.63) is 29.6 Å². The highest BCUT2D eigenvalue weighted by Crippen LogP contribution is 2.33. The van der Waals surface area contributed by atoms with Gasteiger partial charge in [-0.15, -0.1) is 0 Å². The van der Waals surface area contributed by atoms with Crippen molar-refractivity contribution in [2.45, 2.75) is 18.8 Å². The van der Waals surface area contributed by atoms with Gasteiger partial charge < -0.3 is 14.8 Å². The average Bonchev–Trinajstić information content (AvgIpc) is 2.39. The van der Waals surface area contributed by atoms with Gasteiger partial charge in [0.2, 0.25) is 0 Å². The summed E-state index contributed by atoms with van der Waals surface area (Å²) in [4.78, 5) is 0. The predicted molar refractivity (Wildman–Crippen MR) is 71.0 cm³/mol. The van der Waals surface area contributed by atoms with E-state index in [0.717, 1.165) is 50.5 Å². The number of hydrogen-bond donors (Lipinski definition) is 1. The van der Waals surface area contributed by atoms with Crippen molar-refractivity contribution in [2.24, 2.45) is 5.92 Å². The van der Waals surface area contributed by atoms with Crippen LogP contribution in [0.4, 0.5) is 4.39 Å². The molecule has 2 aliphatic rings. The Bertz CT molecular complexity index is 428. The van der Waals surface area contributed by atoms with Crippen LogP contribution in [0.2, 0.25) is 0 Å². The molecule has 104 valence electrons. The van der Waals surface area contributed by atoms with E-state index in [-0.39, 0.29) is 5.82 Å². The van der Waals surface area contributed by atoms with E-state index in [4.69, 9.17) is 9.47 Å². The number of rotatable bonds is 4. The smallest absolute Gasteiger partial charge is 0.123 e. The Balaban J connectivity index is 1.73. The first-order valence-electron chi connectivity index (χ1n) is 7.03. The van der Waals surface area contributed by atoms with Gasteiger partial charge >= 0.3 is 0 Å². The Morgan fingerprint density at radius 3 is 2.74 bits per heavy atom. The molecule has 0 aliphatic carbocycles. The van der Waals surface area contributed by atoms with Crippen LogP contribution in [0.1, 0.15) is 24.3 Å². The molecule has 1 N–H and O–H groups in total. The second-order valence-corrected chi connectivity index (χ2v) is 5.42. The number of hydrogen-bond acceptors (Lipinski definition) is 3. The van der Waals surface area contributed by atoms with Crippen LogP contribution in [0, 0.1) is 11.7 Å². The molecule has 0 spiro atoms.